The number of carbonyl (C=O) groups excluding carboxylic acids is 1. The molecule has 6 nitrogen and oxygen atoms in total. The van der Waals surface area contributed by atoms with Crippen LogP contribution in [-0.4, -0.2) is 92.7 Å². The van der Waals surface area contributed by atoms with E-state index >= 15 is 0 Å². The van der Waals surface area contributed by atoms with Crippen LogP contribution in [0.1, 0.15) is 18.5 Å². The number of hydrogen-bond acceptors (Lipinski definition) is 5. The Morgan fingerprint density at radius 1 is 1.12 bits per heavy atom. The fourth-order valence-electron chi connectivity index (χ4n) is 3.85. The lowest BCUT2D eigenvalue weighted by atomic mass is 9.98. The van der Waals surface area contributed by atoms with Crippen molar-refractivity contribution in [3.05, 3.63) is 35.9 Å². The summed E-state index contributed by atoms with van der Waals surface area (Å²) in [7, 11) is 2.06. The zero-order chi connectivity index (χ0) is 18.4. The van der Waals surface area contributed by atoms with Gasteiger partial charge in [-0.25, -0.2) is 0 Å². The fourth-order valence-corrected chi connectivity index (χ4v) is 3.85. The predicted molar refractivity (Wildman–Crippen MR) is 103 cm³/mol. The number of likely N-dealkylation sites (N-methyl/N-ethyl adjacent to an activating group) is 2. The Morgan fingerprint density at radius 3 is 2.50 bits per heavy atom. The van der Waals surface area contributed by atoms with Crippen LogP contribution in [0.25, 0.3) is 0 Å². The summed E-state index contributed by atoms with van der Waals surface area (Å²) in [4.78, 5) is 19.9. The Kier molecular flexibility index (Phi) is 7.02. The van der Waals surface area contributed by atoms with Gasteiger partial charge in [0.1, 0.15) is 0 Å². The molecule has 2 saturated heterocycles. The van der Waals surface area contributed by atoms with Gasteiger partial charge in [0.25, 0.3) is 5.91 Å². The van der Waals surface area contributed by atoms with Gasteiger partial charge in [0, 0.05) is 45.8 Å². The van der Waals surface area contributed by atoms with Gasteiger partial charge in [-0.2, -0.15) is 0 Å². The molecule has 2 aliphatic rings. The molecular weight excluding hydrogens is 328 g/mol. The molecule has 1 aromatic rings. The minimum Gasteiger partial charge on any atom is -0.365 e. The number of nitrogens with one attached hydrogen (secondary N) is 1. The van der Waals surface area contributed by atoms with E-state index < -0.39 is 6.10 Å². The normalized spacial score (nSPS) is 25.9. The predicted octanol–water partition coefficient (Wildman–Crippen LogP) is 0.812. The van der Waals surface area contributed by atoms with Gasteiger partial charge in [-0.1, -0.05) is 37.3 Å². The average Bonchev–Trinajstić information content (AvgIpc) is 2.69. The van der Waals surface area contributed by atoms with Crippen LogP contribution in [0.3, 0.4) is 0 Å². The molecule has 2 atom stereocenters. The van der Waals surface area contributed by atoms with E-state index in [1.807, 2.05) is 18.2 Å². The van der Waals surface area contributed by atoms with Gasteiger partial charge in [0.05, 0.1) is 12.6 Å². The van der Waals surface area contributed by atoms with Crippen LogP contribution in [0.5, 0.6) is 0 Å². The van der Waals surface area contributed by atoms with Gasteiger partial charge in [-0.3, -0.25) is 14.6 Å². The number of benzene rings is 1. The Bertz CT molecular complexity index is 560. The first-order valence-electron chi connectivity index (χ1n) is 9.78. The van der Waals surface area contributed by atoms with E-state index in [0.717, 1.165) is 51.4 Å². The van der Waals surface area contributed by atoms with Crippen molar-refractivity contribution in [3.8, 4) is 0 Å². The third-order valence-electron chi connectivity index (χ3n) is 5.54. The molecule has 2 fully saturated rings. The van der Waals surface area contributed by atoms with Crippen molar-refractivity contribution in [1.82, 2.24) is 20.0 Å². The lowest BCUT2D eigenvalue weighted by Gasteiger charge is -2.38. The summed E-state index contributed by atoms with van der Waals surface area (Å²) < 4.78 is 5.87. The Balaban J connectivity index is 1.51. The van der Waals surface area contributed by atoms with Crippen molar-refractivity contribution in [2.24, 2.45) is 0 Å². The lowest BCUT2D eigenvalue weighted by molar-refractivity contribution is -0.144. The van der Waals surface area contributed by atoms with Gasteiger partial charge in [0.15, 0.2) is 6.10 Å². The molecule has 0 bridgehead atoms. The van der Waals surface area contributed by atoms with Crippen molar-refractivity contribution in [2.75, 3.05) is 66.0 Å². The summed E-state index contributed by atoms with van der Waals surface area (Å²) in [5, 5.41) is 3.10. The van der Waals surface area contributed by atoms with Gasteiger partial charge in [-0.05, 0) is 19.2 Å². The second kappa shape index (κ2) is 9.46. The summed E-state index contributed by atoms with van der Waals surface area (Å²) in [5.41, 5.74) is 1.13. The standard InChI is InChI=1S/C20H32N4O2/c1-3-23-11-13-24(14-12-23)10-9-21-20(25)19-18(22(2)15-16-26-19)17-7-5-4-6-8-17/h4-8,18-19H,3,9-16H2,1-2H3,(H,21,25)/t18-,19+/m0/s1. The van der Waals surface area contributed by atoms with E-state index in [-0.39, 0.29) is 11.9 Å². The number of carbonyl (C=O) groups is 1. The second-order valence-electron chi connectivity index (χ2n) is 7.19. The molecule has 0 aromatic heterocycles. The van der Waals surface area contributed by atoms with Crippen LogP contribution in [0.15, 0.2) is 30.3 Å². The maximum Gasteiger partial charge on any atom is 0.251 e. The number of morpholine rings is 1. The highest BCUT2D eigenvalue weighted by molar-refractivity contribution is 5.82. The molecule has 144 valence electrons. The molecule has 0 unspecified atom stereocenters. The highest BCUT2D eigenvalue weighted by Crippen LogP contribution is 2.28. The maximum absolute atomic E-state index is 12.8. The molecule has 1 aromatic carbocycles. The molecular formula is C20H32N4O2. The summed E-state index contributed by atoms with van der Waals surface area (Å²) in [6, 6.07) is 10.1. The third kappa shape index (κ3) is 4.82. The topological polar surface area (TPSA) is 48.1 Å². The monoisotopic (exact) mass is 360 g/mol. The third-order valence-corrected chi connectivity index (χ3v) is 5.54. The first-order chi connectivity index (χ1) is 12.7. The van der Waals surface area contributed by atoms with E-state index in [0.29, 0.717) is 13.2 Å². The van der Waals surface area contributed by atoms with Gasteiger partial charge in [-0.15, -0.1) is 0 Å². The number of nitrogens with zero attached hydrogens (tertiary/aromatic N) is 3. The summed E-state index contributed by atoms with van der Waals surface area (Å²) >= 11 is 0. The number of ether oxygens (including phenoxy) is 1. The van der Waals surface area contributed by atoms with Crippen molar-refractivity contribution in [3.63, 3.8) is 0 Å². The number of hydrogen-bond donors (Lipinski definition) is 1. The molecule has 3 rings (SSSR count). The Hall–Kier alpha value is -1.47. The van der Waals surface area contributed by atoms with Crippen molar-refractivity contribution in [1.29, 1.82) is 0 Å². The smallest absolute Gasteiger partial charge is 0.251 e. The largest absolute Gasteiger partial charge is 0.365 e. The number of amides is 1. The molecule has 6 heteroatoms. The van der Waals surface area contributed by atoms with E-state index in [1.54, 1.807) is 0 Å². The zero-order valence-corrected chi connectivity index (χ0v) is 16.1. The average molecular weight is 361 g/mol. The second-order valence-corrected chi connectivity index (χ2v) is 7.19. The van der Waals surface area contributed by atoms with Gasteiger partial charge >= 0.3 is 0 Å². The van der Waals surface area contributed by atoms with Crippen molar-refractivity contribution >= 4 is 5.91 Å². The van der Waals surface area contributed by atoms with Gasteiger partial charge < -0.3 is 15.0 Å². The van der Waals surface area contributed by atoms with E-state index in [4.69, 9.17) is 4.74 Å². The molecule has 1 N–H and O–H groups in total. The van der Waals surface area contributed by atoms with Gasteiger partial charge in [0.2, 0.25) is 0 Å². The summed E-state index contributed by atoms with van der Waals surface area (Å²) in [6.45, 7) is 10.8. The molecule has 26 heavy (non-hydrogen) atoms. The first kappa shape index (κ1) is 19.3. The molecule has 0 saturated carbocycles. The molecule has 2 heterocycles. The molecule has 0 aliphatic carbocycles. The quantitative estimate of drug-likeness (QED) is 0.814. The van der Waals surface area contributed by atoms with Crippen LogP contribution >= 0.6 is 0 Å². The lowest BCUT2D eigenvalue weighted by Crippen LogP contribution is -2.52. The summed E-state index contributed by atoms with van der Waals surface area (Å²) in [6.07, 6.45) is -0.451. The zero-order valence-electron chi connectivity index (χ0n) is 16.1. The highest BCUT2D eigenvalue weighted by Gasteiger charge is 2.36. The van der Waals surface area contributed by atoms with E-state index in [1.165, 1.54) is 0 Å². The fraction of sp³-hybridized carbons (Fsp3) is 0.650. The first-order valence-corrected chi connectivity index (χ1v) is 9.78. The highest BCUT2D eigenvalue weighted by atomic mass is 16.5. The van der Waals surface area contributed by atoms with Crippen molar-refractivity contribution < 1.29 is 9.53 Å². The number of rotatable bonds is 6. The minimum atomic E-state index is -0.451. The molecule has 0 radical (unpaired) electrons. The number of piperazine rings is 1. The van der Waals surface area contributed by atoms with Crippen LogP contribution in [0.2, 0.25) is 0 Å². The van der Waals surface area contributed by atoms with Crippen LogP contribution in [0.4, 0.5) is 0 Å². The van der Waals surface area contributed by atoms with Crippen LogP contribution in [0, 0.1) is 0 Å². The molecule has 2 aliphatic heterocycles. The maximum atomic E-state index is 12.8. The van der Waals surface area contributed by atoms with E-state index in [9.17, 15) is 4.79 Å². The Morgan fingerprint density at radius 2 is 1.81 bits per heavy atom. The van der Waals surface area contributed by atoms with Crippen LogP contribution in [-0.2, 0) is 9.53 Å². The van der Waals surface area contributed by atoms with Crippen LogP contribution < -0.4 is 5.32 Å². The van der Waals surface area contributed by atoms with Crippen molar-refractivity contribution in [2.45, 2.75) is 19.1 Å². The molecule has 0 spiro atoms. The van der Waals surface area contributed by atoms with E-state index in [2.05, 4.69) is 46.1 Å². The molecule has 1 amide bonds. The summed E-state index contributed by atoms with van der Waals surface area (Å²) in [5.74, 6) is -0.00222. The Labute approximate surface area is 157 Å². The SMILES string of the molecule is CCN1CCN(CCNC(=O)[C@@H]2OCCN(C)[C@H]2c2ccccc2)CC1. The minimum absolute atomic E-state index is 0.00222.